The van der Waals surface area contributed by atoms with Crippen LogP contribution in [0.1, 0.15) is 28.4 Å². The minimum absolute atomic E-state index is 0.0829. The van der Waals surface area contributed by atoms with Crippen molar-refractivity contribution in [2.75, 3.05) is 11.0 Å². The first kappa shape index (κ1) is 21.9. The van der Waals surface area contributed by atoms with Crippen molar-refractivity contribution in [3.05, 3.63) is 71.3 Å². The molecule has 2 heterocycles. The lowest BCUT2D eigenvalue weighted by atomic mass is 10.1. The SMILES string of the molecule is Cc1cc(SC(C)C(=O)c2ccc(NS(C)(=O)=O)cc2)n2c(nc3ccccc32)c1C#N. The summed E-state index contributed by atoms with van der Waals surface area (Å²) in [5, 5.41) is 10.0. The second kappa shape index (κ2) is 8.30. The number of nitrogens with one attached hydrogen (secondary N) is 1. The van der Waals surface area contributed by atoms with Gasteiger partial charge in [0.05, 0.1) is 33.1 Å². The number of carbonyl (C=O) groups is 1. The van der Waals surface area contributed by atoms with Crippen LogP contribution in [0.25, 0.3) is 16.7 Å². The molecular weight excluding hydrogens is 444 g/mol. The number of Topliss-reactive ketones (excluding diaryl/α,β-unsaturated/α-hetero) is 1. The van der Waals surface area contributed by atoms with Gasteiger partial charge in [0.2, 0.25) is 10.0 Å². The fourth-order valence-corrected chi connectivity index (χ4v) is 5.23. The summed E-state index contributed by atoms with van der Waals surface area (Å²) < 4.78 is 27.1. The highest BCUT2D eigenvalue weighted by atomic mass is 32.2. The van der Waals surface area contributed by atoms with Crippen molar-refractivity contribution in [2.45, 2.75) is 24.1 Å². The van der Waals surface area contributed by atoms with Gasteiger partial charge in [0, 0.05) is 11.3 Å². The zero-order valence-corrected chi connectivity index (χ0v) is 19.3. The van der Waals surface area contributed by atoms with Gasteiger partial charge in [0.15, 0.2) is 11.4 Å². The van der Waals surface area contributed by atoms with E-state index >= 15 is 0 Å². The zero-order chi connectivity index (χ0) is 23.0. The maximum absolute atomic E-state index is 13.1. The largest absolute Gasteiger partial charge is 0.293 e. The number of nitrogens with zero attached hydrogens (tertiary/aromatic N) is 3. The molecule has 0 aliphatic carbocycles. The van der Waals surface area contributed by atoms with Crippen LogP contribution in [-0.2, 0) is 10.0 Å². The average molecular weight is 465 g/mol. The molecule has 2 aromatic heterocycles. The fraction of sp³-hybridized carbons (Fsp3) is 0.174. The standard InChI is InChI=1S/C23H20N4O3S2/c1-14-12-21(27-20-7-5-4-6-19(20)25-23(27)18(14)13-24)31-15(2)22(28)16-8-10-17(11-9-16)26-32(3,29)30/h4-12,15,26H,1-3H3. The Labute approximate surface area is 190 Å². The number of sulfonamides is 1. The summed E-state index contributed by atoms with van der Waals surface area (Å²) in [6.45, 7) is 3.69. The van der Waals surface area contributed by atoms with E-state index in [2.05, 4.69) is 15.8 Å². The van der Waals surface area contributed by atoms with Crippen molar-refractivity contribution in [2.24, 2.45) is 0 Å². The molecule has 0 aliphatic heterocycles. The Kier molecular flexibility index (Phi) is 5.67. The molecule has 162 valence electrons. The van der Waals surface area contributed by atoms with E-state index in [4.69, 9.17) is 0 Å². The molecule has 9 heteroatoms. The number of hydrogen-bond acceptors (Lipinski definition) is 6. The Hall–Kier alpha value is -3.35. The van der Waals surface area contributed by atoms with E-state index in [1.165, 1.54) is 11.8 Å². The second-order valence-corrected chi connectivity index (χ2v) is 10.6. The monoisotopic (exact) mass is 464 g/mol. The highest BCUT2D eigenvalue weighted by Gasteiger charge is 2.21. The molecule has 0 aliphatic rings. The predicted octanol–water partition coefficient (Wildman–Crippen LogP) is 4.40. The Morgan fingerprint density at radius 3 is 2.53 bits per heavy atom. The molecule has 2 aromatic carbocycles. The molecule has 1 atom stereocenters. The summed E-state index contributed by atoms with van der Waals surface area (Å²) >= 11 is 1.40. The fourth-order valence-electron chi connectivity index (χ4n) is 3.53. The van der Waals surface area contributed by atoms with Gasteiger partial charge in [0.25, 0.3) is 0 Å². The average Bonchev–Trinajstić information content (AvgIpc) is 3.12. The van der Waals surface area contributed by atoms with Crippen LogP contribution >= 0.6 is 11.8 Å². The third kappa shape index (κ3) is 4.20. The molecule has 1 N–H and O–H groups in total. The molecule has 0 amide bonds. The number of ketones is 1. The lowest BCUT2D eigenvalue weighted by molar-refractivity contribution is 0.0994. The summed E-state index contributed by atoms with van der Waals surface area (Å²) in [4.78, 5) is 17.7. The highest BCUT2D eigenvalue weighted by molar-refractivity contribution is 8.00. The number of pyridine rings is 1. The summed E-state index contributed by atoms with van der Waals surface area (Å²) in [7, 11) is -3.38. The van der Waals surface area contributed by atoms with Gasteiger partial charge in [-0.25, -0.2) is 13.4 Å². The molecule has 0 saturated carbocycles. The Morgan fingerprint density at radius 2 is 1.88 bits per heavy atom. The highest BCUT2D eigenvalue weighted by Crippen LogP contribution is 2.32. The van der Waals surface area contributed by atoms with Crippen LogP contribution in [0.3, 0.4) is 0 Å². The lowest BCUT2D eigenvalue weighted by Gasteiger charge is -2.14. The van der Waals surface area contributed by atoms with Crippen molar-refractivity contribution in [3.8, 4) is 6.07 Å². The number of fused-ring (bicyclic) bond motifs is 3. The van der Waals surface area contributed by atoms with E-state index < -0.39 is 15.3 Å². The van der Waals surface area contributed by atoms with Crippen LogP contribution in [-0.4, -0.2) is 35.1 Å². The first-order valence-electron chi connectivity index (χ1n) is 9.77. The number of carbonyl (C=O) groups excluding carboxylic acids is 1. The van der Waals surface area contributed by atoms with Crippen LogP contribution in [0.15, 0.2) is 59.6 Å². The van der Waals surface area contributed by atoms with Crippen LogP contribution < -0.4 is 4.72 Å². The van der Waals surface area contributed by atoms with E-state index in [1.54, 1.807) is 24.3 Å². The van der Waals surface area contributed by atoms with E-state index in [9.17, 15) is 18.5 Å². The first-order chi connectivity index (χ1) is 15.2. The van der Waals surface area contributed by atoms with Crippen LogP contribution in [0.2, 0.25) is 0 Å². The van der Waals surface area contributed by atoms with Gasteiger partial charge in [-0.05, 0) is 61.9 Å². The summed E-state index contributed by atoms with van der Waals surface area (Å²) in [5.41, 5.74) is 4.43. The van der Waals surface area contributed by atoms with E-state index in [-0.39, 0.29) is 5.78 Å². The summed E-state index contributed by atoms with van der Waals surface area (Å²) in [6.07, 6.45) is 1.07. The number of para-hydroxylation sites is 2. The van der Waals surface area contributed by atoms with Crippen molar-refractivity contribution >= 4 is 49.9 Å². The Morgan fingerprint density at radius 1 is 1.19 bits per heavy atom. The van der Waals surface area contributed by atoms with Gasteiger partial charge in [-0.1, -0.05) is 23.9 Å². The maximum atomic E-state index is 13.1. The topological polar surface area (TPSA) is 104 Å². The minimum Gasteiger partial charge on any atom is -0.293 e. The number of nitriles is 1. The number of thioether (sulfide) groups is 1. The summed E-state index contributed by atoms with van der Waals surface area (Å²) in [5.74, 6) is -0.0829. The Balaban J connectivity index is 1.69. The number of aryl methyl sites for hydroxylation is 1. The predicted molar refractivity (Wildman–Crippen MR) is 127 cm³/mol. The van der Waals surface area contributed by atoms with Gasteiger partial charge in [-0.2, -0.15) is 5.26 Å². The van der Waals surface area contributed by atoms with Gasteiger partial charge >= 0.3 is 0 Å². The van der Waals surface area contributed by atoms with E-state index in [0.29, 0.717) is 22.5 Å². The maximum Gasteiger partial charge on any atom is 0.229 e. The first-order valence-corrected chi connectivity index (χ1v) is 12.5. The number of hydrogen-bond donors (Lipinski definition) is 1. The van der Waals surface area contributed by atoms with E-state index in [0.717, 1.165) is 27.9 Å². The summed E-state index contributed by atoms with van der Waals surface area (Å²) in [6, 6.07) is 18.2. The number of anilines is 1. The molecule has 32 heavy (non-hydrogen) atoms. The number of benzene rings is 2. The molecule has 1 unspecified atom stereocenters. The lowest BCUT2D eigenvalue weighted by Crippen LogP contribution is -2.15. The molecule has 0 spiro atoms. The number of rotatable bonds is 6. The number of aromatic nitrogens is 2. The zero-order valence-electron chi connectivity index (χ0n) is 17.7. The van der Waals surface area contributed by atoms with Crippen molar-refractivity contribution in [3.63, 3.8) is 0 Å². The van der Waals surface area contributed by atoms with Crippen LogP contribution in [0.4, 0.5) is 5.69 Å². The van der Waals surface area contributed by atoms with Crippen molar-refractivity contribution in [1.29, 1.82) is 5.26 Å². The van der Waals surface area contributed by atoms with Gasteiger partial charge in [0.1, 0.15) is 6.07 Å². The van der Waals surface area contributed by atoms with Gasteiger partial charge < -0.3 is 0 Å². The van der Waals surface area contributed by atoms with Crippen molar-refractivity contribution in [1.82, 2.24) is 9.38 Å². The number of imidazole rings is 1. The molecule has 4 rings (SSSR count). The van der Waals surface area contributed by atoms with Gasteiger partial charge in [-0.15, -0.1) is 0 Å². The normalized spacial score (nSPS) is 12.6. The molecule has 0 saturated heterocycles. The molecule has 0 radical (unpaired) electrons. The Bertz CT molecular complexity index is 1500. The molecular formula is C23H20N4O3S2. The molecule has 0 bridgehead atoms. The van der Waals surface area contributed by atoms with Crippen LogP contribution in [0, 0.1) is 18.3 Å². The van der Waals surface area contributed by atoms with E-state index in [1.807, 2.05) is 48.6 Å². The molecule has 7 nitrogen and oxygen atoms in total. The van der Waals surface area contributed by atoms with Crippen molar-refractivity contribution < 1.29 is 13.2 Å². The van der Waals surface area contributed by atoms with Crippen LogP contribution in [0.5, 0.6) is 0 Å². The molecule has 0 fully saturated rings. The minimum atomic E-state index is -3.38. The van der Waals surface area contributed by atoms with Gasteiger partial charge in [-0.3, -0.25) is 13.9 Å². The third-order valence-electron chi connectivity index (χ3n) is 4.99. The quantitative estimate of drug-likeness (QED) is 0.335. The smallest absolute Gasteiger partial charge is 0.229 e. The second-order valence-electron chi connectivity index (χ2n) is 7.49. The third-order valence-corrected chi connectivity index (χ3v) is 6.71. The molecule has 4 aromatic rings.